The Morgan fingerprint density at radius 1 is 1.00 bits per heavy atom. The van der Waals surface area contributed by atoms with Crippen molar-refractivity contribution >= 4 is 83.1 Å². The first-order valence-electron chi connectivity index (χ1n) is 7.03. The molecule has 0 aliphatic heterocycles. The maximum absolute atomic E-state index is 10.1. The molecule has 0 unspecified atom stereocenters. The van der Waals surface area contributed by atoms with Crippen LogP contribution >= 0.6 is 58.8 Å². The van der Waals surface area contributed by atoms with Gasteiger partial charge in [-0.1, -0.05) is 23.2 Å². The number of hydrogen-bond donors (Lipinski definition) is 5. The summed E-state index contributed by atoms with van der Waals surface area (Å²) in [5.74, 6) is 4.40. The molecular weight excluding hydrogens is 503 g/mol. The molecule has 30 heavy (non-hydrogen) atoms. The van der Waals surface area contributed by atoms with Crippen LogP contribution in [0.5, 0.6) is 0 Å². The molecule has 0 bridgehead atoms. The van der Waals surface area contributed by atoms with Crippen molar-refractivity contribution in [3.05, 3.63) is 44.4 Å². The zero-order valence-electron chi connectivity index (χ0n) is 14.8. The molecule has 2 aromatic heterocycles. The van der Waals surface area contributed by atoms with Gasteiger partial charge in [-0.15, -0.1) is 17.5 Å². The lowest BCUT2D eigenvalue weighted by Gasteiger charge is -1.96. The van der Waals surface area contributed by atoms with Gasteiger partial charge in [0.2, 0.25) is 16.5 Å². The Morgan fingerprint density at radius 2 is 1.43 bits per heavy atom. The molecule has 0 aliphatic rings. The number of halogens is 5. The van der Waals surface area contributed by atoms with Crippen LogP contribution in [0, 0.1) is 5.41 Å². The summed E-state index contributed by atoms with van der Waals surface area (Å²) in [4.78, 5) is 28.5. The first-order chi connectivity index (χ1) is 13.6. The Labute approximate surface area is 197 Å². The number of rotatable bonds is 4. The molecule has 0 aliphatic carbocycles. The molecule has 0 aromatic carbocycles. The number of nitrogens with one attached hydrogen (secondary N) is 1. The van der Waals surface area contributed by atoms with E-state index in [2.05, 4.69) is 35.9 Å². The van der Waals surface area contributed by atoms with Crippen LogP contribution in [-0.2, 0) is 0 Å². The molecule has 0 fully saturated rings. The molecule has 0 saturated heterocycles. The third-order valence-corrected chi connectivity index (χ3v) is 3.22. The molecule has 12 nitrogen and oxygen atoms in total. The molecule has 0 spiro atoms. The Balaban J connectivity index is 0. The van der Waals surface area contributed by atoms with Gasteiger partial charge in [0.15, 0.2) is 6.29 Å². The van der Waals surface area contributed by atoms with Gasteiger partial charge in [0.25, 0.3) is 0 Å². The van der Waals surface area contributed by atoms with E-state index in [1.165, 1.54) is 18.6 Å². The molecule has 2 aromatic rings. The summed E-state index contributed by atoms with van der Waals surface area (Å²) in [6, 6.07) is 0. The molecule has 2 rings (SSSR count). The number of carbonyl (C=O) groups excluding carboxylic acids is 1. The van der Waals surface area contributed by atoms with E-state index in [9.17, 15) is 4.79 Å². The number of aromatic nitrogens is 4. The monoisotopic (exact) mass is 517 g/mol. The largest absolute Gasteiger partial charge is 0.386 e. The van der Waals surface area contributed by atoms with Crippen LogP contribution in [-0.4, -0.2) is 50.8 Å². The van der Waals surface area contributed by atoms with Crippen molar-refractivity contribution in [1.82, 2.24) is 19.9 Å². The number of hydrogen-bond acceptors (Lipinski definition) is 9. The average Bonchev–Trinajstić information content (AvgIpc) is 2.64. The third kappa shape index (κ3) is 13.6. The fraction of sp³-hybridized carbons (Fsp3) is 0.0769. The summed E-state index contributed by atoms with van der Waals surface area (Å²) in [5, 5.41) is 10.2. The van der Waals surface area contributed by atoms with Crippen molar-refractivity contribution in [3.8, 4) is 0 Å². The number of hydrazone groups is 1. The molecular formula is C13H16Cl5N11O. The minimum absolute atomic E-state index is 0. The average molecular weight is 520 g/mol. The zero-order chi connectivity index (χ0) is 22.4. The molecule has 0 saturated carbocycles. The minimum Gasteiger partial charge on any atom is -0.386 e. The normalized spacial score (nSPS) is 9.20. The number of aldehydes is 1. The number of carbonyl (C=O) groups is 1. The predicted molar refractivity (Wildman–Crippen MR) is 121 cm³/mol. The topological polar surface area (TPSA) is 221 Å². The second kappa shape index (κ2) is 16.3. The number of amidine groups is 1. The second-order valence-electron chi connectivity index (χ2n) is 4.44. The molecule has 0 atom stereocenters. The number of nitrogens with two attached hydrogens (primary N) is 4. The summed E-state index contributed by atoms with van der Waals surface area (Å²) in [5.41, 5.74) is 15.3. The molecule has 17 heteroatoms. The highest BCUT2D eigenvalue weighted by Crippen LogP contribution is 2.12. The number of guanidine groups is 1. The third-order valence-electron chi connectivity index (χ3n) is 2.25. The summed E-state index contributed by atoms with van der Waals surface area (Å²) < 4.78 is 0. The van der Waals surface area contributed by atoms with E-state index in [4.69, 9.17) is 69.0 Å². The van der Waals surface area contributed by atoms with Crippen LogP contribution < -0.4 is 23.0 Å². The van der Waals surface area contributed by atoms with Crippen LogP contribution in [0.15, 0.2) is 22.5 Å². The van der Waals surface area contributed by atoms with Crippen LogP contribution in [0.25, 0.3) is 0 Å². The van der Waals surface area contributed by atoms with Gasteiger partial charge in [-0.2, -0.15) is 0 Å². The van der Waals surface area contributed by atoms with Gasteiger partial charge in [-0.25, -0.2) is 19.9 Å². The highest BCUT2D eigenvalue weighted by molar-refractivity contribution is 6.34. The summed E-state index contributed by atoms with van der Waals surface area (Å²) >= 11 is 22.0. The van der Waals surface area contributed by atoms with E-state index in [0.29, 0.717) is 11.8 Å². The standard InChI is InChI=1S/C7H7Cl2N5.C5H2Cl2N2O.CH6N4.ClH/c8-6-4(1-12-3-5(10)11)2-13-7(9)14-6;6-4-3(2-10)1-8-5(7)9-4;2-1(3)5-4;/h1-2H,3H2,(H3,10,11);1-2H;4H2,(H4,2,3,5);1H. The molecule has 0 amide bonds. The summed E-state index contributed by atoms with van der Waals surface area (Å²) in [6.07, 6.45) is 4.73. The SMILES string of the molecule is Cl.N=C(N)CN=Cc1cnc(Cl)nc1Cl.NN=C(N)N.O=Cc1cnc(Cl)nc1Cl. The van der Waals surface area contributed by atoms with E-state index in [1.807, 2.05) is 0 Å². The Kier molecular flexibility index (Phi) is 16.1. The van der Waals surface area contributed by atoms with Gasteiger partial charge in [0.1, 0.15) is 16.1 Å². The quantitative estimate of drug-likeness (QED) is 0.0745. The van der Waals surface area contributed by atoms with Crippen LogP contribution in [0.2, 0.25) is 20.9 Å². The van der Waals surface area contributed by atoms with Crippen molar-refractivity contribution in [2.24, 2.45) is 33.1 Å². The van der Waals surface area contributed by atoms with Crippen molar-refractivity contribution in [2.45, 2.75) is 0 Å². The molecule has 9 N–H and O–H groups in total. The molecule has 164 valence electrons. The first kappa shape index (κ1) is 29.7. The maximum atomic E-state index is 10.1. The number of aliphatic imine (C=N–C) groups is 1. The van der Waals surface area contributed by atoms with Crippen LogP contribution in [0.1, 0.15) is 15.9 Å². The summed E-state index contributed by atoms with van der Waals surface area (Å²) in [6.45, 7) is 0.124. The lowest BCUT2D eigenvalue weighted by molar-refractivity contribution is 0.112. The Bertz CT molecular complexity index is 890. The Hall–Kier alpha value is -2.51. The highest BCUT2D eigenvalue weighted by atomic mass is 35.5. The predicted octanol–water partition coefficient (Wildman–Crippen LogP) is 1.29. The van der Waals surface area contributed by atoms with Gasteiger partial charge in [0, 0.05) is 24.2 Å². The Morgan fingerprint density at radius 3 is 1.77 bits per heavy atom. The summed E-state index contributed by atoms with van der Waals surface area (Å²) in [7, 11) is 0. The van der Waals surface area contributed by atoms with Crippen molar-refractivity contribution in [3.63, 3.8) is 0 Å². The van der Waals surface area contributed by atoms with Gasteiger partial charge in [0.05, 0.1) is 12.1 Å². The van der Waals surface area contributed by atoms with E-state index in [-0.39, 0.29) is 57.2 Å². The smallest absolute Gasteiger partial charge is 0.223 e. The maximum Gasteiger partial charge on any atom is 0.223 e. The van der Waals surface area contributed by atoms with Gasteiger partial charge < -0.3 is 23.0 Å². The molecule has 0 radical (unpaired) electrons. The fourth-order valence-electron chi connectivity index (χ4n) is 1.11. The van der Waals surface area contributed by atoms with Crippen molar-refractivity contribution in [2.75, 3.05) is 6.54 Å². The fourth-order valence-corrected chi connectivity index (χ4v) is 1.81. The lowest BCUT2D eigenvalue weighted by Crippen LogP contribution is -2.23. The van der Waals surface area contributed by atoms with Gasteiger partial charge in [-0.3, -0.25) is 15.2 Å². The lowest BCUT2D eigenvalue weighted by atomic mass is 10.4. The van der Waals surface area contributed by atoms with Gasteiger partial charge in [-0.05, 0) is 23.2 Å². The van der Waals surface area contributed by atoms with E-state index in [0.717, 1.165) is 0 Å². The van der Waals surface area contributed by atoms with Crippen LogP contribution in [0.3, 0.4) is 0 Å². The second-order valence-corrected chi connectivity index (χ2v) is 5.83. The van der Waals surface area contributed by atoms with Gasteiger partial charge >= 0.3 is 0 Å². The zero-order valence-corrected chi connectivity index (χ0v) is 18.7. The van der Waals surface area contributed by atoms with Crippen molar-refractivity contribution in [1.29, 1.82) is 5.41 Å². The van der Waals surface area contributed by atoms with Crippen LogP contribution in [0.4, 0.5) is 0 Å². The molecule has 2 heterocycles. The van der Waals surface area contributed by atoms with E-state index >= 15 is 0 Å². The van der Waals surface area contributed by atoms with E-state index in [1.54, 1.807) is 0 Å². The van der Waals surface area contributed by atoms with E-state index < -0.39 is 0 Å². The van der Waals surface area contributed by atoms with Crippen molar-refractivity contribution < 1.29 is 4.79 Å². The first-order valence-corrected chi connectivity index (χ1v) is 8.54. The highest BCUT2D eigenvalue weighted by Gasteiger charge is 2.01. The minimum atomic E-state index is -0.0926. The number of nitrogens with zero attached hydrogens (tertiary/aromatic N) is 6.